The van der Waals surface area contributed by atoms with Gasteiger partial charge in [-0.2, -0.15) is 11.8 Å². The third kappa shape index (κ3) is 4.48. The van der Waals surface area contributed by atoms with Crippen molar-refractivity contribution in [2.24, 2.45) is 0 Å². The number of nitrogens with zero attached hydrogens (tertiary/aromatic N) is 1. The normalized spacial score (nSPS) is 12.4. The van der Waals surface area contributed by atoms with Crippen molar-refractivity contribution >= 4 is 29.1 Å². The van der Waals surface area contributed by atoms with Gasteiger partial charge in [-0.25, -0.2) is 0 Å². The molecule has 0 heterocycles. The predicted molar refractivity (Wildman–Crippen MR) is 77.4 cm³/mol. The minimum Gasteiger partial charge on any atom is -0.309 e. The van der Waals surface area contributed by atoms with Crippen LogP contribution in [0.5, 0.6) is 0 Å². The molecule has 1 N–H and O–H groups in total. The molecule has 0 aliphatic heterocycles. The maximum Gasteiger partial charge on any atom is 0.288 e. The second kappa shape index (κ2) is 7.61. The van der Waals surface area contributed by atoms with E-state index in [0.717, 1.165) is 17.7 Å². The van der Waals surface area contributed by atoms with Gasteiger partial charge in [-0.05, 0) is 24.3 Å². The van der Waals surface area contributed by atoms with E-state index < -0.39 is 4.92 Å². The van der Waals surface area contributed by atoms with Crippen molar-refractivity contribution in [3.8, 4) is 0 Å². The molecule has 100 valence electrons. The Kier molecular flexibility index (Phi) is 6.46. The second-order valence-electron chi connectivity index (χ2n) is 3.98. The number of nitro benzene ring substituents is 1. The van der Waals surface area contributed by atoms with E-state index in [1.54, 1.807) is 17.8 Å². The van der Waals surface area contributed by atoms with Crippen molar-refractivity contribution in [3.63, 3.8) is 0 Å². The van der Waals surface area contributed by atoms with Crippen LogP contribution in [0, 0.1) is 10.1 Å². The van der Waals surface area contributed by atoms with E-state index in [2.05, 4.69) is 18.5 Å². The highest BCUT2D eigenvalue weighted by molar-refractivity contribution is 7.98. The van der Waals surface area contributed by atoms with Crippen LogP contribution >= 0.6 is 23.4 Å². The van der Waals surface area contributed by atoms with E-state index in [4.69, 9.17) is 11.6 Å². The van der Waals surface area contributed by atoms with Gasteiger partial charge in [0.1, 0.15) is 5.02 Å². The SMILES string of the molecule is CCC(CSC)NCc1ccc(Cl)c([N+](=O)[O-])c1. The summed E-state index contributed by atoms with van der Waals surface area (Å²) in [7, 11) is 0. The fraction of sp³-hybridized carbons (Fsp3) is 0.500. The zero-order valence-corrected chi connectivity index (χ0v) is 12.1. The molecule has 0 saturated heterocycles. The Morgan fingerprint density at radius 1 is 1.56 bits per heavy atom. The van der Waals surface area contributed by atoms with Crippen molar-refractivity contribution in [1.82, 2.24) is 5.32 Å². The van der Waals surface area contributed by atoms with Gasteiger partial charge < -0.3 is 5.32 Å². The highest BCUT2D eigenvalue weighted by Gasteiger charge is 2.13. The zero-order chi connectivity index (χ0) is 13.5. The van der Waals surface area contributed by atoms with Gasteiger partial charge in [-0.1, -0.05) is 24.6 Å². The summed E-state index contributed by atoms with van der Waals surface area (Å²) in [5.74, 6) is 1.03. The number of hydrogen-bond acceptors (Lipinski definition) is 4. The summed E-state index contributed by atoms with van der Waals surface area (Å²) in [5.41, 5.74) is 0.847. The van der Waals surface area contributed by atoms with Gasteiger partial charge in [0.05, 0.1) is 4.92 Å². The molecule has 4 nitrogen and oxygen atoms in total. The van der Waals surface area contributed by atoms with Crippen LogP contribution in [0.15, 0.2) is 18.2 Å². The van der Waals surface area contributed by atoms with Crippen LogP contribution in [0.2, 0.25) is 5.02 Å². The van der Waals surface area contributed by atoms with Gasteiger partial charge in [0, 0.05) is 24.4 Å². The fourth-order valence-electron chi connectivity index (χ4n) is 1.59. The van der Waals surface area contributed by atoms with Crippen molar-refractivity contribution in [1.29, 1.82) is 0 Å². The molecule has 1 unspecified atom stereocenters. The first-order valence-electron chi connectivity index (χ1n) is 5.73. The van der Waals surface area contributed by atoms with Crippen molar-refractivity contribution < 1.29 is 4.92 Å². The summed E-state index contributed by atoms with van der Waals surface area (Å²) >= 11 is 7.55. The zero-order valence-electron chi connectivity index (χ0n) is 10.5. The Balaban J connectivity index is 2.67. The maximum absolute atomic E-state index is 10.8. The van der Waals surface area contributed by atoms with Crippen molar-refractivity contribution in [3.05, 3.63) is 38.9 Å². The number of benzene rings is 1. The monoisotopic (exact) mass is 288 g/mol. The van der Waals surface area contributed by atoms with Gasteiger partial charge in [0.15, 0.2) is 0 Å². The summed E-state index contributed by atoms with van der Waals surface area (Å²) in [6.07, 6.45) is 3.11. The third-order valence-corrected chi connectivity index (χ3v) is 3.72. The minimum absolute atomic E-state index is 0.0334. The standard InChI is InChI=1S/C12H17ClN2O2S/c1-3-10(8-18-2)14-7-9-4-5-11(13)12(6-9)15(16)17/h4-6,10,14H,3,7-8H2,1-2H3. The first kappa shape index (κ1) is 15.3. The number of rotatable bonds is 7. The van der Waals surface area contributed by atoms with Gasteiger partial charge in [-0.15, -0.1) is 0 Å². The Labute approximate surface area is 116 Å². The number of thioether (sulfide) groups is 1. The lowest BCUT2D eigenvalue weighted by molar-refractivity contribution is -0.384. The summed E-state index contributed by atoms with van der Waals surface area (Å²) in [5, 5.41) is 14.3. The molecule has 0 fully saturated rings. The molecule has 6 heteroatoms. The molecule has 1 atom stereocenters. The number of hydrogen-bond donors (Lipinski definition) is 1. The summed E-state index contributed by atoms with van der Waals surface area (Å²) < 4.78 is 0. The molecule has 18 heavy (non-hydrogen) atoms. The van der Waals surface area contributed by atoms with Gasteiger partial charge >= 0.3 is 0 Å². The molecular weight excluding hydrogens is 272 g/mol. The van der Waals surface area contributed by atoms with E-state index in [1.165, 1.54) is 6.07 Å². The Hall–Kier alpha value is -0.780. The average molecular weight is 289 g/mol. The predicted octanol–water partition coefficient (Wildman–Crippen LogP) is 3.48. The first-order valence-corrected chi connectivity index (χ1v) is 7.50. The summed E-state index contributed by atoms with van der Waals surface area (Å²) in [4.78, 5) is 10.3. The number of nitro groups is 1. The Bertz CT molecular complexity index is 415. The molecule has 0 amide bonds. The lowest BCUT2D eigenvalue weighted by Crippen LogP contribution is -2.30. The highest BCUT2D eigenvalue weighted by atomic mass is 35.5. The fourth-order valence-corrected chi connectivity index (χ4v) is 2.54. The van der Waals surface area contributed by atoms with Crippen LogP contribution in [0.25, 0.3) is 0 Å². The molecule has 0 aliphatic rings. The smallest absolute Gasteiger partial charge is 0.288 e. The molecule has 0 aromatic heterocycles. The van der Waals surface area contributed by atoms with Crippen LogP contribution in [0.4, 0.5) is 5.69 Å². The van der Waals surface area contributed by atoms with Crippen molar-refractivity contribution in [2.75, 3.05) is 12.0 Å². The van der Waals surface area contributed by atoms with E-state index >= 15 is 0 Å². The van der Waals surface area contributed by atoms with E-state index in [1.807, 2.05) is 6.07 Å². The van der Waals surface area contributed by atoms with E-state index in [0.29, 0.717) is 12.6 Å². The third-order valence-electron chi connectivity index (χ3n) is 2.66. The molecule has 0 spiro atoms. The molecule has 1 rings (SSSR count). The largest absolute Gasteiger partial charge is 0.309 e. The average Bonchev–Trinajstić information content (AvgIpc) is 2.35. The second-order valence-corrected chi connectivity index (χ2v) is 5.30. The molecule has 1 aromatic carbocycles. The van der Waals surface area contributed by atoms with Crippen LogP contribution in [-0.2, 0) is 6.54 Å². The molecular formula is C12H17ClN2O2S. The summed E-state index contributed by atoms with van der Waals surface area (Å²) in [6, 6.07) is 5.34. The highest BCUT2D eigenvalue weighted by Crippen LogP contribution is 2.25. The van der Waals surface area contributed by atoms with Crippen molar-refractivity contribution in [2.45, 2.75) is 25.9 Å². The van der Waals surface area contributed by atoms with Crippen LogP contribution < -0.4 is 5.32 Å². The number of nitrogens with one attached hydrogen (secondary N) is 1. The van der Waals surface area contributed by atoms with Crippen LogP contribution in [0.3, 0.4) is 0 Å². The topological polar surface area (TPSA) is 55.2 Å². The molecule has 1 aromatic rings. The molecule has 0 bridgehead atoms. The lowest BCUT2D eigenvalue weighted by atomic mass is 10.2. The Morgan fingerprint density at radius 2 is 2.28 bits per heavy atom. The van der Waals surface area contributed by atoms with E-state index in [9.17, 15) is 10.1 Å². The van der Waals surface area contributed by atoms with Crippen LogP contribution in [0.1, 0.15) is 18.9 Å². The minimum atomic E-state index is -0.453. The van der Waals surface area contributed by atoms with Gasteiger partial charge in [0.25, 0.3) is 5.69 Å². The molecule has 0 radical (unpaired) electrons. The van der Waals surface area contributed by atoms with Gasteiger partial charge in [-0.3, -0.25) is 10.1 Å². The quantitative estimate of drug-likeness (QED) is 0.616. The maximum atomic E-state index is 10.8. The molecule has 0 saturated carbocycles. The van der Waals surface area contributed by atoms with Gasteiger partial charge in [0.2, 0.25) is 0 Å². The summed E-state index contributed by atoms with van der Waals surface area (Å²) in [6.45, 7) is 2.75. The Morgan fingerprint density at radius 3 is 2.83 bits per heavy atom. The lowest BCUT2D eigenvalue weighted by Gasteiger charge is -2.15. The van der Waals surface area contributed by atoms with E-state index in [-0.39, 0.29) is 10.7 Å². The molecule has 0 aliphatic carbocycles. The first-order chi connectivity index (χ1) is 8.58. The van der Waals surface area contributed by atoms with Crippen LogP contribution in [-0.4, -0.2) is 23.0 Å². The number of halogens is 1.